The van der Waals surface area contributed by atoms with Crippen LogP contribution >= 0.6 is 0 Å². The molecule has 0 radical (unpaired) electrons. The van der Waals surface area contributed by atoms with Crippen molar-refractivity contribution >= 4 is 5.78 Å². The van der Waals surface area contributed by atoms with Crippen molar-refractivity contribution in [3.05, 3.63) is 54.1 Å². The number of hydrogen-bond acceptors (Lipinski definition) is 4. The minimum absolute atomic E-state index is 0.0501. The Morgan fingerprint density at radius 1 is 0.963 bits per heavy atom. The third kappa shape index (κ3) is 5.33. The van der Waals surface area contributed by atoms with Gasteiger partial charge in [0.1, 0.15) is 17.2 Å². The number of benzene rings is 2. The number of Topliss-reactive ketones (excluding diaryl/α,β-unsaturated/α-hetero) is 1. The van der Waals surface area contributed by atoms with Crippen LogP contribution in [0.25, 0.3) is 0 Å². The van der Waals surface area contributed by atoms with E-state index in [9.17, 15) is 9.90 Å². The highest BCUT2D eigenvalue weighted by atomic mass is 16.5. The summed E-state index contributed by atoms with van der Waals surface area (Å²) in [5.41, 5.74) is 0.824. The largest absolute Gasteiger partial charge is 0.508 e. The lowest BCUT2D eigenvalue weighted by atomic mass is 9.74. The molecule has 0 aromatic heterocycles. The van der Waals surface area contributed by atoms with Crippen LogP contribution in [0.3, 0.4) is 0 Å². The zero-order valence-electron chi connectivity index (χ0n) is 16.6. The van der Waals surface area contributed by atoms with E-state index in [-0.39, 0.29) is 22.6 Å². The zero-order valence-corrected chi connectivity index (χ0v) is 16.6. The molecule has 0 amide bonds. The standard InChI is InChI=1S/C23H29NO3/c1-22(2)14-16(15-23(3,4)24-22)13-21(26)17-5-9-19(10-6-17)27-20-11-7-18(25)8-12-20/h5-12,16,24-25H,13-15H2,1-4H3. The van der Waals surface area contributed by atoms with Crippen molar-refractivity contribution in [2.75, 3.05) is 0 Å². The van der Waals surface area contributed by atoms with Gasteiger partial charge in [0.15, 0.2) is 5.78 Å². The Hall–Kier alpha value is -2.33. The van der Waals surface area contributed by atoms with Crippen LogP contribution in [0.15, 0.2) is 48.5 Å². The van der Waals surface area contributed by atoms with Crippen LogP contribution in [0.4, 0.5) is 0 Å². The Bertz CT molecular complexity index is 775. The maximum Gasteiger partial charge on any atom is 0.163 e. The molecule has 4 heteroatoms. The predicted molar refractivity (Wildman–Crippen MR) is 108 cm³/mol. The smallest absolute Gasteiger partial charge is 0.163 e. The molecular formula is C23H29NO3. The molecular weight excluding hydrogens is 338 g/mol. The molecule has 1 aliphatic rings. The van der Waals surface area contributed by atoms with E-state index in [0.29, 0.717) is 23.8 Å². The number of ether oxygens (including phenoxy) is 1. The quantitative estimate of drug-likeness (QED) is 0.703. The molecule has 0 saturated carbocycles. The summed E-state index contributed by atoms with van der Waals surface area (Å²) in [6, 6.07) is 13.9. The first-order chi connectivity index (χ1) is 12.6. The Balaban J connectivity index is 1.63. The summed E-state index contributed by atoms with van der Waals surface area (Å²) >= 11 is 0. The summed E-state index contributed by atoms with van der Waals surface area (Å²) < 4.78 is 5.74. The van der Waals surface area contributed by atoms with Crippen LogP contribution in [0.5, 0.6) is 17.2 Å². The van der Waals surface area contributed by atoms with E-state index in [2.05, 4.69) is 33.0 Å². The minimum Gasteiger partial charge on any atom is -0.508 e. The van der Waals surface area contributed by atoms with Crippen LogP contribution in [0, 0.1) is 5.92 Å². The van der Waals surface area contributed by atoms with E-state index in [4.69, 9.17) is 4.74 Å². The van der Waals surface area contributed by atoms with Crippen molar-refractivity contribution in [1.82, 2.24) is 5.32 Å². The zero-order chi connectivity index (χ0) is 19.7. The molecule has 144 valence electrons. The van der Waals surface area contributed by atoms with Crippen molar-refractivity contribution in [1.29, 1.82) is 0 Å². The molecule has 2 aromatic rings. The summed E-state index contributed by atoms with van der Waals surface area (Å²) in [7, 11) is 0. The van der Waals surface area contributed by atoms with Gasteiger partial charge in [-0.25, -0.2) is 0 Å². The minimum atomic E-state index is 0.0501. The molecule has 1 saturated heterocycles. The van der Waals surface area contributed by atoms with Gasteiger partial charge in [0.25, 0.3) is 0 Å². The second-order valence-corrected chi connectivity index (χ2v) is 8.91. The fraction of sp³-hybridized carbons (Fsp3) is 0.435. The van der Waals surface area contributed by atoms with Gasteiger partial charge in [-0.3, -0.25) is 4.79 Å². The number of carbonyl (C=O) groups is 1. The maximum atomic E-state index is 12.8. The molecule has 4 nitrogen and oxygen atoms in total. The van der Waals surface area contributed by atoms with Gasteiger partial charge in [-0.1, -0.05) is 0 Å². The van der Waals surface area contributed by atoms with Gasteiger partial charge in [0.2, 0.25) is 0 Å². The Morgan fingerprint density at radius 2 is 1.44 bits per heavy atom. The lowest BCUT2D eigenvalue weighted by Gasteiger charge is -2.46. The van der Waals surface area contributed by atoms with Gasteiger partial charge in [0.05, 0.1) is 0 Å². The molecule has 0 atom stereocenters. The Labute approximate surface area is 161 Å². The first-order valence-corrected chi connectivity index (χ1v) is 9.51. The molecule has 27 heavy (non-hydrogen) atoms. The van der Waals surface area contributed by atoms with Crippen LogP contribution in [0.1, 0.15) is 57.3 Å². The van der Waals surface area contributed by atoms with E-state index < -0.39 is 0 Å². The van der Waals surface area contributed by atoms with Crippen LogP contribution in [0.2, 0.25) is 0 Å². The first-order valence-electron chi connectivity index (χ1n) is 9.51. The summed E-state index contributed by atoms with van der Waals surface area (Å²) in [5, 5.41) is 13.0. The lowest BCUT2D eigenvalue weighted by Crippen LogP contribution is -2.57. The molecule has 0 unspecified atom stereocenters. The highest BCUT2D eigenvalue weighted by Crippen LogP contribution is 2.35. The predicted octanol–water partition coefficient (Wildman–Crippen LogP) is 5.31. The number of phenols is 1. The monoisotopic (exact) mass is 367 g/mol. The molecule has 3 rings (SSSR count). The van der Waals surface area contributed by atoms with Crippen molar-refractivity contribution in [2.24, 2.45) is 5.92 Å². The number of carbonyl (C=O) groups excluding carboxylic acids is 1. The number of rotatable bonds is 5. The summed E-state index contributed by atoms with van der Waals surface area (Å²) in [5.74, 6) is 2.08. The third-order valence-corrected chi connectivity index (χ3v) is 5.00. The highest BCUT2D eigenvalue weighted by Gasteiger charge is 2.38. The summed E-state index contributed by atoms with van der Waals surface area (Å²) in [6.07, 6.45) is 2.58. The maximum absolute atomic E-state index is 12.8. The highest BCUT2D eigenvalue weighted by molar-refractivity contribution is 5.96. The van der Waals surface area contributed by atoms with Gasteiger partial charge in [-0.2, -0.15) is 0 Å². The van der Waals surface area contributed by atoms with Crippen LogP contribution in [-0.2, 0) is 0 Å². The van der Waals surface area contributed by atoms with Gasteiger partial charge in [-0.15, -0.1) is 0 Å². The molecule has 0 spiro atoms. The number of hydrogen-bond donors (Lipinski definition) is 2. The van der Waals surface area contributed by atoms with Gasteiger partial charge in [0, 0.05) is 23.1 Å². The Kier molecular flexibility index (Phi) is 5.29. The fourth-order valence-corrected chi connectivity index (χ4v) is 4.42. The van der Waals surface area contributed by atoms with Crippen molar-refractivity contribution in [3.63, 3.8) is 0 Å². The van der Waals surface area contributed by atoms with E-state index in [0.717, 1.165) is 18.4 Å². The van der Waals surface area contributed by atoms with Crippen molar-refractivity contribution in [3.8, 4) is 17.2 Å². The van der Waals surface area contributed by atoms with Crippen LogP contribution in [-0.4, -0.2) is 22.0 Å². The first kappa shape index (κ1) is 19.4. The van der Waals surface area contributed by atoms with E-state index in [1.54, 1.807) is 24.3 Å². The third-order valence-electron chi connectivity index (χ3n) is 5.00. The lowest BCUT2D eigenvalue weighted by molar-refractivity contribution is 0.0864. The number of aromatic hydroxyl groups is 1. The van der Waals surface area contributed by atoms with Crippen molar-refractivity contribution < 1.29 is 14.6 Å². The van der Waals surface area contributed by atoms with E-state index >= 15 is 0 Å². The molecule has 2 aromatic carbocycles. The second-order valence-electron chi connectivity index (χ2n) is 8.91. The SMILES string of the molecule is CC1(C)CC(CC(=O)c2ccc(Oc3ccc(O)cc3)cc2)CC(C)(C)N1. The number of ketones is 1. The average molecular weight is 367 g/mol. The molecule has 2 N–H and O–H groups in total. The molecule has 0 aliphatic carbocycles. The van der Waals surface area contributed by atoms with E-state index in [1.165, 1.54) is 0 Å². The number of nitrogens with one attached hydrogen (secondary N) is 1. The molecule has 0 bridgehead atoms. The van der Waals surface area contributed by atoms with Gasteiger partial charge >= 0.3 is 0 Å². The molecule has 1 heterocycles. The van der Waals surface area contributed by atoms with E-state index in [1.807, 2.05) is 24.3 Å². The summed E-state index contributed by atoms with van der Waals surface area (Å²) in [6.45, 7) is 8.84. The fourth-order valence-electron chi connectivity index (χ4n) is 4.42. The number of phenolic OH excluding ortho intramolecular Hbond substituents is 1. The van der Waals surface area contributed by atoms with Gasteiger partial charge < -0.3 is 15.2 Å². The molecule has 1 fully saturated rings. The topological polar surface area (TPSA) is 58.6 Å². The molecule has 1 aliphatic heterocycles. The number of piperidine rings is 1. The van der Waals surface area contributed by atoms with Crippen LogP contribution < -0.4 is 10.1 Å². The van der Waals surface area contributed by atoms with Gasteiger partial charge in [-0.05, 0) is 95.0 Å². The second kappa shape index (κ2) is 7.35. The van der Waals surface area contributed by atoms with Crippen molar-refractivity contribution in [2.45, 2.75) is 58.0 Å². The average Bonchev–Trinajstić information content (AvgIpc) is 2.54. The normalized spacial score (nSPS) is 18.8. The Morgan fingerprint density at radius 3 is 1.96 bits per heavy atom. The summed E-state index contributed by atoms with van der Waals surface area (Å²) in [4.78, 5) is 12.8.